The third-order valence-electron chi connectivity index (χ3n) is 10.1. The average Bonchev–Trinajstić information content (AvgIpc) is 3.61. The van der Waals surface area contributed by atoms with E-state index >= 15 is 0 Å². The molecule has 0 spiro atoms. The van der Waals surface area contributed by atoms with Gasteiger partial charge in [-0.25, -0.2) is 4.98 Å². The van der Waals surface area contributed by atoms with Gasteiger partial charge in [-0.05, 0) is 46.7 Å². The molecule has 0 atom stereocenters. The Hall–Kier alpha value is -5.90. The number of para-hydroxylation sites is 1. The molecular formula is C43H24ClN3. The summed E-state index contributed by atoms with van der Waals surface area (Å²) in [5, 5.41) is 10.7. The third kappa shape index (κ3) is 3.24. The molecule has 0 aliphatic carbocycles. The van der Waals surface area contributed by atoms with E-state index < -0.39 is 0 Å². The van der Waals surface area contributed by atoms with Crippen LogP contribution in [0.3, 0.4) is 0 Å². The van der Waals surface area contributed by atoms with Crippen molar-refractivity contribution in [2.24, 2.45) is 0 Å². The summed E-state index contributed by atoms with van der Waals surface area (Å²) in [7, 11) is 0. The van der Waals surface area contributed by atoms with Gasteiger partial charge in [-0.3, -0.25) is 4.57 Å². The summed E-state index contributed by atoms with van der Waals surface area (Å²) < 4.78 is 4.85. The Morgan fingerprint density at radius 2 is 1.11 bits per heavy atom. The van der Waals surface area contributed by atoms with E-state index in [1.54, 1.807) is 0 Å². The average molecular weight is 618 g/mol. The minimum absolute atomic E-state index is 0.650. The summed E-state index contributed by atoms with van der Waals surface area (Å²) in [6, 6.07) is 52.0. The van der Waals surface area contributed by atoms with Gasteiger partial charge in [0.25, 0.3) is 0 Å². The molecule has 0 bridgehead atoms. The Balaban J connectivity index is 1.38. The van der Waals surface area contributed by atoms with Gasteiger partial charge in [-0.2, -0.15) is 0 Å². The molecule has 11 aromatic rings. The van der Waals surface area contributed by atoms with E-state index in [0.717, 1.165) is 39.2 Å². The van der Waals surface area contributed by atoms with Crippen LogP contribution in [-0.4, -0.2) is 14.0 Å². The standard InChI is InChI=1S/C43H24ClN3/c44-41-31(25-10-3-1-4-11-25)24-36(45-42(41)28-12-5-2-6-13-28)46-34-22-19-26-14-9-17-33-37(26)39(34)40-35(46)23-20-27-18-21-30-29-15-7-8-16-32(29)47(33)43(30)38(27)40/h1-24H. The van der Waals surface area contributed by atoms with Crippen molar-refractivity contribution >= 4 is 82.3 Å². The smallest absolute Gasteiger partial charge is 0.139 e. The van der Waals surface area contributed by atoms with Gasteiger partial charge in [0.05, 0.1) is 38.3 Å². The van der Waals surface area contributed by atoms with Gasteiger partial charge in [0.1, 0.15) is 5.82 Å². The van der Waals surface area contributed by atoms with Crippen LogP contribution in [0.25, 0.3) is 98.9 Å². The van der Waals surface area contributed by atoms with Crippen molar-refractivity contribution in [2.75, 3.05) is 0 Å². The number of fused-ring (bicyclic) bond motifs is 4. The van der Waals surface area contributed by atoms with Crippen molar-refractivity contribution in [3.63, 3.8) is 0 Å². The molecule has 0 amide bonds. The van der Waals surface area contributed by atoms with Crippen LogP contribution in [0.1, 0.15) is 0 Å². The zero-order chi connectivity index (χ0) is 30.8. The second-order valence-electron chi connectivity index (χ2n) is 12.5. The minimum Gasteiger partial charge on any atom is -0.308 e. The maximum atomic E-state index is 7.24. The second kappa shape index (κ2) is 9.10. The van der Waals surface area contributed by atoms with Crippen LogP contribution in [0.2, 0.25) is 5.02 Å². The number of nitrogens with zero attached hydrogens (tertiary/aromatic N) is 3. The zero-order valence-electron chi connectivity index (χ0n) is 25.1. The van der Waals surface area contributed by atoms with Gasteiger partial charge < -0.3 is 4.40 Å². The maximum absolute atomic E-state index is 7.24. The highest BCUT2D eigenvalue weighted by atomic mass is 35.5. The van der Waals surface area contributed by atoms with Crippen molar-refractivity contribution in [3.8, 4) is 28.2 Å². The Kier molecular flexibility index (Phi) is 4.90. The fourth-order valence-corrected chi connectivity index (χ4v) is 8.46. The van der Waals surface area contributed by atoms with Gasteiger partial charge in [-0.15, -0.1) is 0 Å². The molecule has 4 heterocycles. The predicted octanol–water partition coefficient (Wildman–Crippen LogP) is 11.9. The number of hydrogen-bond acceptors (Lipinski definition) is 1. The van der Waals surface area contributed by atoms with Crippen LogP contribution in [-0.2, 0) is 0 Å². The van der Waals surface area contributed by atoms with Crippen LogP contribution in [0.4, 0.5) is 0 Å². The molecule has 0 fully saturated rings. The Labute approximate surface area is 274 Å². The lowest BCUT2D eigenvalue weighted by molar-refractivity contribution is 1.09. The van der Waals surface area contributed by atoms with Gasteiger partial charge >= 0.3 is 0 Å². The predicted molar refractivity (Wildman–Crippen MR) is 198 cm³/mol. The van der Waals surface area contributed by atoms with Gasteiger partial charge in [0.2, 0.25) is 0 Å². The molecule has 0 unspecified atom stereocenters. The van der Waals surface area contributed by atoms with E-state index in [1.807, 2.05) is 24.3 Å². The first-order valence-corrected chi connectivity index (χ1v) is 16.3. The lowest BCUT2D eigenvalue weighted by Gasteiger charge is -2.15. The molecule has 0 saturated heterocycles. The molecule has 3 nitrogen and oxygen atoms in total. The van der Waals surface area contributed by atoms with Crippen molar-refractivity contribution in [3.05, 3.63) is 151 Å². The molecule has 47 heavy (non-hydrogen) atoms. The summed E-state index contributed by atoms with van der Waals surface area (Å²) in [5.41, 5.74) is 9.75. The summed E-state index contributed by atoms with van der Waals surface area (Å²) >= 11 is 7.24. The van der Waals surface area contributed by atoms with Crippen molar-refractivity contribution < 1.29 is 0 Å². The third-order valence-corrected chi connectivity index (χ3v) is 10.5. The van der Waals surface area contributed by atoms with Crippen LogP contribution in [0.5, 0.6) is 0 Å². The zero-order valence-corrected chi connectivity index (χ0v) is 25.8. The summed E-state index contributed by atoms with van der Waals surface area (Å²) in [4.78, 5) is 5.37. The highest BCUT2D eigenvalue weighted by molar-refractivity contribution is 6.38. The number of benzene rings is 7. The SMILES string of the molecule is Clc1c(-c2ccccc2)cc(-n2c3ccc4cccc5c4c3c3c4c(ccc6c7ccccc7n5c64)ccc32)nc1-c1ccccc1. The number of pyridine rings is 1. The maximum Gasteiger partial charge on any atom is 0.139 e. The van der Waals surface area contributed by atoms with E-state index in [1.165, 1.54) is 59.6 Å². The first-order chi connectivity index (χ1) is 23.3. The molecule has 0 radical (unpaired) electrons. The Morgan fingerprint density at radius 3 is 1.89 bits per heavy atom. The Bertz CT molecular complexity index is 2950. The molecular weight excluding hydrogens is 594 g/mol. The quantitative estimate of drug-likeness (QED) is 0.193. The monoisotopic (exact) mass is 617 g/mol. The molecule has 0 N–H and O–H groups in total. The van der Waals surface area contributed by atoms with Crippen LogP contribution < -0.4 is 0 Å². The molecule has 4 heteroatoms. The van der Waals surface area contributed by atoms with E-state index in [0.29, 0.717) is 5.02 Å². The van der Waals surface area contributed by atoms with E-state index in [-0.39, 0.29) is 0 Å². The molecule has 0 aliphatic heterocycles. The fourth-order valence-electron chi connectivity index (χ4n) is 8.14. The van der Waals surface area contributed by atoms with Gasteiger partial charge in [-0.1, -0.05) is 127 Å². The largest absolute Gasteiger partial charge is 0.308 e. The molecule has 218 valence electrons. The van der Waals surface area contributed by atoms with E-state index in [4.69, 9.17) is 16.6 Å². The lowest BCUT2D eigenvalue weighted by Crippen LogP contribution is -2.01. The molecule has 4 aromatic heterocycles. The first-order valence-electron chi connectivity index (χ1n) is 15.9. The van der Waals surface area contributed by atoms with Crippen molar-refractivity contribution in [2.45, 2.75) is 0 Å². The Morgan fingerprint density at radius 1 is 0.468 bits per heavy atom. The molecule has 11 rings (SSSR count). The van der Waals surface area contributed by atoms with Crippen LogP contribution in [0.15, 0.2) is 146 Å². The van der Waals surface area contributed by atoms with Gasteiger partial charge in [0.15, 0.2) is 0 Å². The van der Waals surface area contributed by atoms with Crippen LogP contribution >= 0.6 is 11.6 Å². The van der Waals surface area contributed by atoms with Gasteiger partial charge in [0, 0.05) is 43.4 Å². The summed E-state index contributed by atoms with van der Waals surface area (Å²) in [6.07, 6.45) is 0. The number of hydrogen-bond donors (Lipinski definition) is 0. The highest BCUT2D eigenvalue weighted by Crippen LogP contribution is 2.48. The fraction of sp³-hybridized carbons (Fsp3) is 0. The van der Waals surface area contributed by atoms with Crippen molar-refractivity contribution in [1.82, 2.24) is 14.0 Å². The topological polar surface area (TPSA) is 22.2 Å². The van der Waals surface area contributed by atoms with E-state index in [9.17, 15) is 0 Å². The van der Waals surface area contributed by atoms with E-state index in [2.05, 4.69) is 130 Å². The molecule has 7 aromatic carbocycles. The normalized spacial score (nSPS) is 12.4. The molecule has 0 saturated carbocycles. The van der Waals surface area contributed by atoms with Crippen LogP contribution in [0, 0.1) is 0 Å². The lowest BCUT2D eigenvalue weighted by atomic mass is 9.98. The summed E-state index contributed by atoms with van der Waals surface area (Å²) in [6.45, 7) is 0. The minimum atomic E-state index is 0.650. The second-order valence-corrected chi connectivity index (χ2v) is 12.8. The number of aromatic nitrogens is 3. The molecule has 0 aliphatic rings. The highest BCUT2D eigenvalue weighted by Gasteiger charge is 2.25. The first kappa shape index (κ1) is 25.3. The summed E-state index contributed by atoms with van der Waals surface area (Å²) in [5.74, 6) is 0.844. The van der Waals surface area contributed by atoms with Crippen molar-refractivity contribution in [1.29, 1.82) is 0 Å². The number of rotatable bonds is 3. The number of halogens is 1.